The van der Waals surface area contributed by atoms with E-state index >= 15 is 0 Å². The molecule has 0 bridgehead atoms. The van der Waals surface area contributed by atoms with Crippen molar-refractivity contribution < 1.29 is 27.4 Å². The van der Waals surface area contributed by atoms with Gasteiger partial charge in [0.25, 0.3) is 5.91 Å². The average Bonchev–Trinajstić information content (AvgIpc) is 3.28. The topological polar surface area (TPSA) is 62.6 Å². The summed E-state index contributed by atoms with van der Waals surface area (Å²) in [5.74, 6) is 0.515. The Morgan fingerprint density at radius 3 is 2.44 bits per heavy atom. The van der Waals surface area contributed by atoms with Crippen molar-refractivity contribution in [2.45, 2.75) is 12.7 Å². The van der Waals surface area contributed by atoms with Crippen LogP contribution in [0.2, 0.25) is 0 Å². The first-order chi connectivity index (χ1) is 15.3. The van der Waals surface area contributed by atoms with Gasteiger partial charge >= 0.3 is 6.18 Å². The van der Waals surface area contributed by atoms with E-state index in [4.69, 9.17) is 14.7 Å². The second kappa shape index (κ2) is 8.93. The van der Waals surface area contributed by atoms with Crippen LogP contribution in [0.3, 0.4) is 0 Å². The van der Waals surface area contributed by atoms with Crippen LogP contribution in [0.1, 0.15) is 20.8 Å². The fourth-order valence-electron chi connectivity index (χ4n) is 3.28. The molecule has 5 nitrogen and oxygen atoms in total. The standard InChI is InChI=1S/C23H17F3N2O3S/c24-23(25,26)14-28(13-16-3-1-15(12-27)2-4-16)22(29)21-8-7-20(32-21)17-5-6-18-19(11-17)31-10-9-30-18/h1-8,11H,9-10,13-14H2. The third kappa shape index (κ3) is 5.03. The minimum absolute atomic E-state index is 0.202. The number of nitrogens with zero attached hydrogens (tertiary/aromatic N) is 2. The molecule has 1 aliphatic heterocycles. The van der Waals surface area contributed by atoms with Crippen molar-refractivity contribution in [1.82, 2.24) is 4.90 Å². The first-order valence-corrected chi connectivity index (χ1v) is 10.5. The minimum Gasteiger partial charge on any atom is -0.486 e. The molecule has 1 aliphatic rings. The third-order valence-electron chi connectivity index (χ3n) is 4.76. The van der Waals surface area contributed by atoms with Gasteiger partial charge in [-0.3, -0.25) is 4.79 Å². The second-order valence-corrected chi connectivity index (χ2v) is 8.19. The molecule has 2 heterocycles. The molecule has 0 saturated heterocycles. The Hall–Kier alpha value is -3.51. The van der Waals surface area contributed by atoms with E-state index in [1.165, 1.54) is 18.2 Å². The molecule has 4 rings (SSSR count). The number of ether oxygens (including phenoxy) is 2. The molecular formula is C23H17F3N2O3S. The lowest BCUT2D eigenvalue weighted by atomic mass is 10.1. The zero-order chi connectivity index (χ0) is 22.7. The molecule has 164 valence electrons. The highest BCUT2D eigenvalue weighted by Gasteiger charge is 2.34. The summed E-state index contributed by atoms with van der Waals surface area (Å²) in [6.45, 7) is -0.685. The smallest absolute Gasteiger partial charge is 0.406 e. The number of alkyl halides is 3. The van der Waals surface area contributed by atoms with Crippen molar-refractivity contribution in [1.29, 1.82) is 5.26 Å². The van der Waals surface area contributed by atoms with E-state index in [0.29, 0.717) is 35.8 Å². The number of halogens is 3. The number of benzene rings is 2. The molecule has 32 heavy (non-hydrogen) atoms. The van der Waals surface area contributed by atoms with Gasteiger partial charge in [0.1, 0.15) is 19.8 Å². The minimum atomic E-state index is -4.54. The molecule has 0 spiro atoms. The first-order valence-electron chi connectivity index (χ1n) is 9.67. The lowest BCUT2D eigenvalue weighted by molar-refractivity contribution is -0.141. The Kier molecular flexibility index (Phi) is 6.06. The van der Waals surface area contributed by atoms with Gasteiger partial charge in [0.05, 0.1) is 16.5 Å². The van der Waals surface area contributed by atoms with Crippen molar-refractivity contribution in [3.63, 3.8) is 0 Å². The van der Waals surface area contributed by atoms with Crippen molar-refractivity contribution in [2.24, 2.45) is 0 Å². The van der Waals surface area contributed by atoms with E-state index in [2.05, 4.69) is 0 Å². The fourth-order valence-corrected chi connectivity index (χ4v) is 4.25. The lowest BCUT2D eigenvalue weighted by Crippen LogP contribution is -2.38. The zero-order valence-electron chi connectivity index (χ0n) is 16.7. The van der Waals surface area contributed by atoms with Crippen LogP contribution in [0.25, 0.3) is 10.4 Å². The molecule has 3 aromatic rings. The number of carbonyl (C=O) groups is 1. The number of thiophene rings is 1. The molecule has 1 amide bonds. The maximum Gasteiger partial charge on any atom is 0.406 e. The fraction of sp³-hybridized carbons (Fsp3) is 0.217. The van der Waals surface area contributed by atoms with E-state index in [-0.39, 0.29) is 11.4 Å². The number of fused-ring (bicyclic) bond motifs is 1. The van der Waals surface area contributed by atoms with Crippen molar-refractivity contribution in [3.05, 3.63) is 70.6 Å². The highest BCUT2D eigenvalue weighted by molar-refractivity contribution is 7.17. The Morgan fingerprint density at radius 1 is 1.03 bits per heavy atom. The Morgan fingerprint density at radius 2 is 1.75 bits per heavy atom. The van der Waals surface area contributed by atoms with Crippen LogP contribution >= 0.6 is 11.3 Å². The van der Waals surface area contributed by atoms with E-state index < -0.39 is 18.6 Å². The van der Waals surface area contributed by atoms with Gasteiger partial charge < -0.3 is 14.4 Å². The number of carbonyl (C=O) groups excluding carboxylic acids is 1. The van der Waals surface area contributed by atoms with Gasteiger partial charge in [-0.1, -0.05) is 12.1 Å². The summed E-state index contributed by atoms with van der Waals surface area (Å²) in [5, 5.41) is 8.89. The second-order valence-electron chi connectivity index (χ2n) is 7.11. The highest BCUT2D eigenvalue weighted by atomic mass is 32.1. The van der Waals surface area contributed by atoms with E-state index in [1.54, 1.807) is 30.3 Å². The summed E-state index contributed by atoms with van der Waals surface area (Å²) in [5.41, 5.74) is 1.68. The number of rotatable bonds is 5. The first kappa shape index (κ1) is 21.7. The van der Waals surface area contributed by atoms with Crippen LogP contribution in [-0.2, 0) is 6.54 Å². The van der Waals surface area contributed by atoms with Crippen molar-refractivity contribution in [3.8, 4) is 28.0 Å². The molecule has 1 aromatic heterocycles. The molecule has 0 radical (unpaired) electrons. The normalized spacial score (nSPS) is 12.8. The Balaban J connectivity index is 1.57. The van der Waals surface area contributed by atoms with Crippen LogP contribution < -0.4 is 9.47 Å². The third-order valence-corrected chi connectivity index (χ3v) is 5.88. The molecule has 0 fully saturated rings. The van der Waals surface area contributed by atoms with Gasteiger partial charge in [-0.15, -0.1) is 11.3 Å². The highest BCUT2D eigenvalue weighted by Crippen LogP contribution is 2.37. The van der Waals surface area contributed by atoms with Gasteiger partial charge in [0, 0.05) is 11.4 Å². The molecule has 0 N–H and O–H groups in total. The lowest BCUT2D eigenvalue weighted by Gasteiger charge is -2.23. The molecule has 0 unspecified atom stereocenters. The summed E-state index contributed by atoms with van der Waals surface area (Å²) in [4.78, 5) is 14.7. The monoisotopic (exact) mass is 458 g/mol. The average molecular weight is 458 g/mol. The SMILES string of the molecule is N#Cc1ccc(CN(CC(F)(F)F)C(=O)c2ccc(-c3ccc4c(c3)OCCO4)s2)cc1. The Bertz CT molecular complexity index is 1170. The van der Waals surface area contributed by atoms with Crippen LogP contribution in [0.15, 0.2) is 54.6 Å². The van der Waals surface area contributed by atoms with Gasteiger partial charge in [-0.2, -0.15) is 18.4 Å². The van der Waals surface area contributed by atoms with E-state index in [1.807, 2.05) is 12.1 Å². The van der Waals surface area contributed by atoms with Gasteiger partial charge in [-0.05, 0) is 53.6 Å². The summed E-state index contributed by atoms with van der Waals surface area (Å²) < 4.78 is 50.6. The number of hydrogen-bond donors (Lipinski definition) is 0. The predicted molar refractivity (Wildman–Crippen MR) is 113 cm³/mol. The molecule has 2 aromatic carbocycles. The number of hydrogen-bond acceptors (Lipinski definition) is 5. The maximum absolute atomic E-state index is 13.2. The molecule has 0 atom stereocenters. The van der Waals surface area contributed by atoms with E-state index in [0.717, 1.165) is 26.7 Å². The summed E-state index contributed by atoms with van der Waals surface area (Å²) in [6.07, 6.45) is -4.54. The summed E-state index contributed by atoms with van der Waals surface area (Å²) >= 11 is 1.12. The summed E-state index contributed by atoms with van der Waals surface area (Å²) in [7, 11) is 0. The van der Waals surface area contributed by atoms with Crippen molar-refractivity contribution in [2.75, 3.05) is 19.8 Å². The predicted octanol–water partition coefficient (Wildman–Crippen LogP) is 5.26. The van der Waals surface area contributed by atoms with Gasteiger partial charge in [-0.25, -0.2) is 0 Å². The molecule has 0 saturated carbocycles. The largest absolute Gasteiger partial charge is 0.486 e. The van der Waals surface area contributed by atoms with E-state index in [9.17, 15) is 18.0 Å². The van der Waals surface area contributed by atoms with Crippen LogP contribution in [-0.4, -0.2) is 36.7 Å². The maximum atomic E-state index is 13.2. The molecule has 9 heteroatoms. The number of nitriles is 1. The van der Waals surface area contributed by atoms with Gasteiger partial charge in [0.15, 0.2) is 11.5 Å². The Labute approximate surface area is 186 Å². The quantitative estimate of drug-likeness (QED) is 0.523. The van der Waals surface area contributed by atoms with Crippen molar-refractivity contribution >= 4 is 17.2 Å². The summed E-state index contributed by atoms with van der Waals surface area (Å²) in [6, 6.07) is 16.7. The zero-order valence-corrected chi connectivity index (χ0v) is 17.5. The van der Waals surface area contributed by atoms with Gasteiger partial charge in [0.2, 0.25) is 0 Å². The van der Waals surface area contributed by atoms with Crippen LogP contribution in [0, 0.1) is 11.3 Å². The number of amides is 1. The molecule has 0 aliphatic carbocycles. The van der Waals surface area contributed by atoms with Crippen LogP contribution in [0.4, 0.5) is 13.2 Å². The van der Waals surface area contributed by atoms with Crippen LogP contribution in [0.5, 0.6) is 11.5 Å². The molecular weight excluding hydrogens is 441 g/mol.